The predicted molar refractivity (Wildman–Crippen MR) is 161 cm³/mol. The van der Waals surface area contributed by atoms with Crippen LogP contribution in [-0.2, 0) is 14.2 Å². The number of benzene rings is 2. The van der Waals surface area contributed by atoms with E-state index >= 15 is 0 Å². The molecule has 0 spiro atoms. The molecule has 2 saturated heterocycles. The Morgan fingerprint density at radius 1 is 0.756 bits per heavy atom. The van der Waals surface area contributed by atoms with Crippen LogP contribution in [0.3, 0.4) is 0 Å². The minimum atomic E-state index is -0.978. The molecule has 2 heterocycles. The van der Waals surface area contributed by atoms with Crippen molar-refractivity contribution >= 4 is 34.6 Å². The molecule has 16 nitrogen and oxygen atoms in total. The number of rotatable bonds is 11. The third-order valence-corrected chi connectivity index (χ3v) is 6.25. The van der Waals surface area contributed by atoms with Gasteiger partial charge in [0.05, 0.1) is 42.9 Å². The number of hydrogen-bond donors (Lipinski definition) is 1. The highest BCUT2D eigenvalue weighted by Gasteiger charge is 2.12. The monoisotopic (exact) mass is 656 g/mol. The van der Waals surface area contributed by atoms with Crippen LogP contribution in [0.4, 0.5) is 21.0 Å². The topological polar surface area (TPSA) is 193 Å². The fourth-order valence-corrected chi connectivity index (χ4v) is 3.97. The molecule has 2 aromatic rings. The van der Waals surface area contributed by atoms with Gasteiger partial charge in [0.2, 0.25) is 0 Å². The largest absolute Gasteiger partial charge is 0.513 e. The van der Waals surface area contributed by atoms with Crippen LogP contribution in [0.2, 0.25) is 0 Å². The number of carbonyl (C=O) groups excluding carboxylic acids is 2. The summed E-state index contributed by atoms with van der Waals surface area (Å²) in [7, 11) is 0. The number of non-ortho nitro benzene ring substituents is 2. The van der Waals surface area contributed by atoms with E-state index in [0.29, 0.717) is 6.61 Å². The van der Waals surface area contributed by atoms with Crippen LogP contribution in [0.15, 0.2) is 48.5 Å². The zero-order valence-corrected chi connectivity index (χ0v) is 25.4. The first kappa shape index (κ1) is 37.3. The summed E-state index contributed by atoms with van der Waals surface area (Å²) in [6.07, 6.45) is 0.797. The normalized spacial score (nSPS) is 14.9. The van der Waals surface area contributed by atoms with Gasteiger partial charge in [-0.1, -0.05) is 0 Å². The van der Waals surface area contributed by atoms with E-state index in [4.69, 9.17) is 35.7 Å². The maximum absolute atomic E-state index is 11.5. The predicted octanol–water partition coefficient (Wildman–Crippen LogP) is 3.87. The van der Waals surface area contributed by atoms with Crippen LogP contribution in [0.1, 0.15) is 12.8 Å². The summed E-state index contributed by atoms with van der Waals surface area (Å²) in [5, 5.41) is 29.2. The fourth-order valence-electron chi connectivity index (χ4n) is 3.88. The molecule has 1 N–H and O–H groups in total. The van der Waals surface area contributed by atoms with Gasteiger partial charge in [-0.2, -0.15) is 0 Å². The molecule has 0 aromatic heterocycles. The van der Waals surface area contributed by atoms with Crippen LogP contribution < -0.4 is 9.47 Å². The zero-order chi connectivity index (χ0) is 32.9. The van der Waals surface area contributed by atoms with Crippen LogP contribution in [-0.4, -0.2) is 115 Å². The number of nitro benzene ring substituents is 2. The van der Waals surface area contributed by atoms with Crippen molar-refractivity contribution in [2.75, 3.05) is 78.9 Å². The second-order valence-corrected chi connectivity index (χ2v) is 9.69. The SMILES string of the molecule is O=C(Cl)Oc1ccc([N+](=O)[O-])cc1.O=C(OCCCN1CCOCC1)Oc1ccc([N+](=O)[O-])cc1.OCCCN1CCOCC1. The fraction of sp³-hybridized carbons (Fsp3) is 0.500. The van der Waals surface area contributed by atoms with Gasteiger partial charge in [0.1, 0.15) is 11.5 Å². The molecule has 0 aliphatic carbocycles. The second-order valence-electron chi connectivity index (χ2n) is 9.38. The number of aliphatic hydroxyl groups is 1. The Morgan fingerprint density at radius 2 is 1.18 bits per heavy atom. The van der Waals surface area contributed by atoms with E-state index in [1.54, 1.807) is 0 Å². The van der Waals surface area contributed by atoms with Gasteiger partial charge >= 0.3 is 11.6 Å². The average Bonchev–Trinajstić information content (AvgIpc) is 3.04. The molecule has 0 atom stereocenters. The number of morpholine rings is 2. The molecule has 0 amide bonds. The van der Waals surface area contributed by atoms with Crippen LogP contribution in [0, 0.1) is 20.2 Å². The molecular formula is C28H37ClN4O12. The van der Waals surface area contributed by atoms with E-state index in [9.17, 15) is 29.8 Å². The Labute approximate surface area is 264 Å². The number of ether oxygens (including phenoxy) is 5. The first-order valence-corrected chi connectivity index (χ1v) is 14.5. The summed E-state index contributed by atoms with van der Waals surface area (Å²) in [5.74, 6) is 0.384. The van der Waals surface area contributed by atoms with Crippen molar-refractivity contribution in [2.24, 2.45) is 0 Å². The second kappa shape index (κ2) is 21.7. The highest BCUT2D eigenvalue weighted by molar-refractivity contribution is 6.61. The van der Waals surface area contributed by atoms with Gasteiger partial charge in [0, 0.05) is 81.7 Å². The third-order valence-electron chi connectivity index (χ3n) is 6.17. The quantitative estimate of drug-likeness (QED) is 0.0914. The zero-order valence-electron chi connectivity index (χ0n) is 24.6. The molecule has 0 unspecified atom stereocenters. The highest BCUT2D eigenvalue weighted by atomic mass is 35.5. The Kier molecular flexibility index (Phi) is 18.0. The van der Waals surface area contributed by atoms with E-state index in [1.165, 1.54) is 48.5 Å². The summed E-state index contributed by atoms with van der Waals surface area (Å²) >= 11 is 4.92. The molecule has 2 fully saturated rings. The minimum Gasteiger partial charge on any atom is -0.434 e. The molecule has 2 aliphatic rings. The lowest BCUT2D eigenvalue weighted by Crippen LogP contribution is -2.37. The van der Waals surface area contributed by atoms with Crippen molar-refractivity contribution in [3.8, 4) is 11.5 Å². The number of halogens is 1. The van der Waals surface area contributed by atoms with Gasteiger partial charge in [0.25, 0.3) is 11.4 Å². The summed E-state index contributed by atoms with van der Waals surface area (Å²) in [6, 6.07) is 10.3. The maximum atomic E-state index is 11.5. The number of carbonyl (C=O) groups is 2. The Hall–Kier alpha value is -3.93. The van der Waals surface area contributed by atoms with Gasteiger partial charge in [-0.15, -0.1) is 0 Å². The lowest BCUT2D eigenvalue weighted by atomic mass is 10.3. The number of hydrogen-bond acceptors (Lipinski definition) is 14. The first-order valence-electron chi connectivity index (χ1n) is 14.1. The van der Waals surface area contributed by atoms with E-state index in [2.05, 4.69) is 14.5 Å². The third kappa shape index (κ3) is 16.6. The average molecular weight is 657 g/mol. The molecule has 17 heteroatoms. The van der Waals surface area contributed by atoms with E-state index in [1.807, 2.05) is 0 Å². The Morgan fingerprint density at radius 3 is 1.58 bits per heavy atom. The molecule has 2 aliphatic heterocycles. The highest BCUT2D eigenvalue weighted by Crippen LogP contribution is 2.18. The van der Waals surface area contributed by atoms with Crippen molar-refractivity contribution in [3.63, 3.8) is 0 Å². The van der Waals surface area contributed by atoms with Gasteiger partial charge in [-0.25, -0.2) is 9.59 Å². The van der Waals surface area contributed by atoms with Crippen molar-refractivity contribution in [3.05, 3.63) is 68.8 Å². The summed E-state index contributed by atoms with van der Waals surface area (Å²) < 4.78 is 24.8. The van der Waals surface area contributed by atoms with Crippen molar-refractivity contribution in [1.82, 2.24) is 9.80 Å². The van der Waals surface area contributed by atoms with E-state index in [0.717, 1.165) is 78.5 Å². The molecule has 45 heavy (non-hydrogen) atoms. The van der Waals surface area contributed by atoms with Crippen LogP contribution >= 0.6 is 11.6 Å². The van der Waals surface area contributed by atoms with Crippen molar-refractivity contribution in [2.45, 2.75) is 12.8 Å². The van der Waals surface area contributed by atoms with Gasteiger partial charge in [-0.3, -0.25) is 30.0 Å². The van der Waals surface area contributed by atoms with Crippen LogP contribution in [0.5, 0.6) is 11.5 Å². The number of aliphatic hydroxyl groups excluding tert-OH is 1. The minimum absolute atomic E-state index is 0.0637. The maximum Gasteiger partial charge on any atom is 0.513 e. The lowest BCUT2D eigenvalue weighted by Gasteiger charge is -2.26. The summed E-state index contributed by atoms with van der Waals surface area (Å²) in [4.78, 5) is 45.9. The molecule has 0 radical (unpaired) electrons. The smallest absolute Gasteiger partial charge is 0.434 e. The molecule has 2 aromatic carbocycles. The van der Waals surface area contributed by atoms with Gasteiger partial charge in [-0.05, 0) is 37.1 Å². The summed E-state index contributed by atoms with van der Waals surface area (Å²) in [6.45, 7) is 9.46. The molecule has 4 rings (SSSR count). The van der Waals surface area contributed by atoms with Gasteiger partial charge in [0.15, 0.2) is 0 Å². The lowest BCUT2D eigenvalue weighted by molar-refractivity contribution is -0.385. The Balaban J connectivity index is 0.000000259. The van der Waals surface area contributed by atoms with E-state index in [-0.39, 0.29) is 29.5 Å². The van der Waals surface area contributed by atoms with Crippen molar-refractivity contribution in [1.29, 1.82) is 0 Å². The number of nitro groups is 2. The number of nitrogens with zero attached hydrogens (tertiary/aromatic N) is 4. The van der Waals surface area contributed by atoms with Crippen molar-refractivity contribution < 1.29 is 48.2 Å². The standard InChI is InChI=1S/C14H18N2O6.C7H4ClNO4.C7H15NO2/c17-14(21-9-1-6-15-7-10-20-11-8-15)22-13-4-2-12(3-5-13)16(18)19;8-7(10)13-6-3-1-5(2-4-6)9(11)12;9-5-1-2-8-3-6-10-7-4-8/h2-5H,1,6-11H2;1-4H;9H,1-7H2. The van der Waals surface area contributed by atoms with E-state index < -0.39 is 21.4 Å². The molecular weight excluding hydrogens is 620 g/mol. The molecule has 0 saturated carbocycles. The first-order chi connectivity index (χ1) is 21.7. The molecule has 248 valence electrons. The van der Waals surface area contributed by atoms with Crippen LogP contribution in [0.25, 0.3) is 0 Å². The summed E-state index contributed by atoms with van der Waals surface area (Å²) in [5.41, 5.74) is -1.12. The Bertz CT molecular complexity index is 1180. The van der Waals surface area contributed by atoms with Gasteiger partial charge < -0.3 is 28.8 Å². The molecule has 0 bridgehead atoms.